The highest BCUT2D eigenvalue weighted by Gasteiger charge is 2.33. The Hall–Kier alpha value is -5.94. The number of rotatable bonds is 11. The lowest BCUT2D eigenvalue weighted by Crippen LogP contribution is -2.47. The molecule has 0 bridgehead atoms. The molecule has 2 heterocycles. The molecule has 2 aliphatic heterocycles. The highest BCUT2D eigenvalue weighted by molar-refractivity contribution is 5.87. The topological polar surface area (TPSA) is 144 Å². The summed E-state index contributed by atoms with van der Waals surface area (Å²) in [6.45, 7) is 0.799. The van der Waals surface area contributed by atoms with Crippen LogP contribution in [0.2, 0.25) is 0 Å². The second kappa shape index (κ2) is 19.5. The van der Waals surface area contributed by atoms with Crippen molar-refractivity contribution in [2.75, 3.05) is 26.4 Å². The molecule has 0 aromatic heterocycles. The van der Waals surface area contributed by atoms with Crippen LogP contribution < -0.4 is 15.4 Å². The van der Waals surface area contributed by atoms with Crippen molar-refractivity contribution in [3.63, 3.8) is 0 Å². The summed E-state index contributed by atoms with van der Waals surface area (Å²) in [5.74, 6) is -1.26. The lowest BCUT2D eigenvalue weighted by atomic mass is 9.97. The third kappa shape index (κ3) is 10.1. The number of cyclic esters (lactones) is 1. The molecule has 0 unspecified atom stereocenters. The van der Waals surface area contributed by atoms with E-state index in [1.165, 1.54) is 0 Å². The Balaban J connectivity index is 1.03. The first kappa shape index (κ1) is 40.3. The van der Waals surface area contributed by atoms with Crippen molar-refractivity contribution < 1.29 is 38.5 Å². The van der Waals surface area contributed by atoms with Gasteiger partial charge in [-0.1, -0.05) is 103 Å². The minimum absolute atomic E-state index is 0.0153. The van der Waals surface area contributed by atoms with E-state index in [9.17, 15) is 24.3 Å². The zero-order valence-electron chi connectivity index (χ0n) is 32.6. The maximum absolute atomic E-state index is 13.9. The number of esters is 1. The summed E-state index contributed by atoms with van der Waals surface area (Å²) >= 11 is 0. The monoisotopic (exact) mass is 785 g/mol. The molecule has 1 saturated heterocycles. The Kier molecular flexibility index (Phi) is 13.5. The Morgan fingerprint density at radius 1 is 0.845 bits per heavy atom. The number of likely N-dealkylation sites (tertiary alicyclic amines) is 1. The molecule has 4 atom stereocenters. The van der Waals surface area contributed by atoms with E-state index in [1.54, 1.807) is 4.90 Å². The number of carbonyl (C=O) groups excluding carboxylic acids is 4. The molecular formula is C47H51N3O8. The van der Waals surface area contributed by atoms with Gasteiger partial charge in [0.15, 0.2) is 0 Å². The maximum Gasteiger partial charge on any atom is 0.407 e. The van der Waals surface area contributed by atoms with Crippen LogP contribution >= 0.6 is 0 Å². The van der Waals surface area contributed by atoms with Crippen molar-refractivity contribution in [1.29, 1.82) is 0 Å². The zero-order valence-corrected chi connectivity index (χ0v) is 32.6. The lowest BCUT2D eigenvalue weighted by molar-refractivity contribution is -0.147. The smallest absolute Gasteiger partial charge is 0.407 e. The van der Waals surface area contributed by atoms with E-state index < -0.39 is 30.1 Å². The van der Waals surface area contributed by atoms with E-state index in [4.69, 9.17) is 14.2 Å². The standard InChI is InChI=1S/C47H51N3O8/c51-28-36-15-11-25-50(36)44(52)27-34-14-5-2-6-20-43(49-47(55)58-31-42-40-18-9-7-16-38(40)39-17-8-10-19-41(39)42)46(54)57-30-35(48-45(34)53)26-32-21-23-37(24-22-32)56-29-33-12-3-1-4-13-33/h1-5,7-10,12-13,16-19,21-24,34-36,42-43,51H,6,11,14-15,20,25-31H2,(H,48,53)(H,49,55)/t34-,35+,36+,43+/m1/s1. The van der Waals surface area contributed by atoms with E-state index in [-0.39, 0.29) is 56.4 Å². The molecule has 11 heteroatoms. The van der Waals surface area contributed by atoms with E-state index >= 15 is 0 Å². The second-order valence-corrected chi connectivity index (χ2v) is 15.2. The average molecular weight is 786 g/mol. The summed E-state index contributed by atoms with van der Waals surface area (Å²) in [6.07, 6.45) is 5.78. The molecule has 4 aromatic rings. The zero-order chi connectivity index (χ0) is 40.3. The number of alkyl carbamates (subject to hydrolysis) is 1. The van der Waals surface area contributed by atoms with Crippen LogP contribution in [0.15, 0.2) is 115 Å². The Morgan fingerprint density at radius 3 is 2.28 bits per heavy atom. The van der Waals surface area contributed by atoms with E-state index in [1.807, 2.05) is 103 Å². The Labute approximate surface area is 339 Å². The number of aliphatic hydroxyl groups excluding tert-OH is 1. The summed E-state index contributed by atoms with van der Waals surface area (Å²) in [7, 11) is 0. The van der Waals surface area contributed by atoms with Crippen LogP contribution in [0.25, 0.3) is 11.1 Å². The van der Waals surface area contributed by atoms with E-state index in [0.29, 0.717) is 38.2 Å². The van der Waals surface area contributed by atoms with Crippen LogP contribution in [0, 0.1) is 5.92 Å². The highest BCUT2D eigenvalue weighted by atomic mass is 16.6. The largest absolute Gasteiger partial charge is 0.489 e. The lowest BCUT2D eigenvalue weighted by Gasteiger charge is -2.26. The summed E-state index contributed by atoms with van der Waals surface area (Å²) in [4.78, 5) is 56.0. The number of allylic oxidation sites excluding steroid dienone is 2. The third-order valence-corrected chi connectivity index (χ3v) is 11.3. The predicted octanol–water partition coefficient (Wildman–Crippen LogP) is 6.47. The van der Waals surface area contributed by atoms with Gasteiger partial charge in [0.1, 0.15) is 31.6 Å². The molecule has 0 radical (unpaired) electrons. The van der Waals surface area contributed by atoms with Crippen molar-refractivity contribution in [3.8, 4) is 16.9 Å². The van der Waals surface area contributed by atoms with Gasteiger partial charge in [-0.3, -0.25) is 9.59 Å². The quantitative estimate of drug-likeness (QED) is 0.116. The van der Waals surface area contributed by atoms with Gasteiger partial charge in [-0.25, -0.2) is 9.59 Å². The Morgan fingerprint density at radius 2 is 1.55 bits per heavy atom. The van der Waals surface area contributed by atoms with Crippen molar-refractivity contribution in [2.45, 2.75) is 75.6 Å². The molecule has 302 valence electrons. The van der Waals surface area contributed by atoms with Crippen molar-refractivity contribution in [3.05, 3.63) is 138 Å². The van der Waals surface area contributed by atoms with Crippen LogP contribution in [0.4, 0.5) is 4.79 Å². The van der Waals surface area contributed by atoms with Gasteiger partial charge in [0.25, 0.3) is 0 Å². The molecule has 1 aliphatic carbocycles. The van der Waals surface area contributed by atoms with Gasteiger partial charge >= 0.3 is 12.1 Å². The summed E-state index contributed by atoms with van der Waals surface area (Å²) < 4.78 is 17.6. The fourth-order valence-electron chi connectivity index (χ4n) is 8.14. The van der Waals surface area contributed by atoms with E-state index in [0.717, 1.165) is 46.2 Å². The van der Waals surface area contributed by atoms with Gasteiger partial charge in [0.05, 0.1) is 24.6 Å². The number of hydrogen-bond acceptors (Lipinski definition) is 8. The second-order valence-electron chi connectivity index (χ2n) is 15.2. The van der Waals surface area contributed by atoms with Crippen LogP contribution in [-0.4, -0.2) is 78.4 Å². The number of aliphatic hydroxyl groups is 1. The summed E-state index contributed by atoms with van der Waals surface area (Å²) in [5.41, 5.74) is 6.32. The first-order chi connectivity index (χ1) is 28.4. The molecule has 3 aliphatic rings. The molecule has 3 amide bonds. The first-order valence-corrected chi connectivity index (χ1v) is 20.3. The van der Waals surface area contributed by atoms with Gasteiger partial charge in [-0.15, -0.1) is 0 Å². The first-order valence-electron chi connectivity index (χ1n) is 20.3. The highest BCUT2D eigenvalue weighted by Crippen LogP contribution is 2.44. The molecule has 58 heavy (non-hydrogen) atoms. The van der Waals surface area contributed by atoms with Gasteiger partial charge in [0, 0.05) is 18.9 Å². The van der Waals surface area contributed by atoms with Crippen LogP contribution in [0.1, 0.15) is 66.7 Å². The molecule has 1 fully saturated rings. The molecule has 3 N–H and O–H groups in total. The van der Waals surface area contributed by atoms with Crippen molar-refractivity contribution in [2.24, 2.45) is 5.92 Å². The van der Waals surface area contributed by atoms with Crippen LogP contribution in [-0.2, 0) is 36.9 Å². The number of nitrogens with one attached hydrogen (secondary N) is 2. The minimum atomic E-state index is -0.999. The fraction of sp³-hybridized carbons (Fsp3) is 0.362. The average Bonchev–Trinajstić information content (AvgIpc) is 3.86. The Bertz CT molecular complexity index is 2020. The molecule has 4 aromatic carbocycles. The number of amides is 3. The number of nitrogens with zero attached hydrogens (tertiary/aromatic N) is 1. The van der Waals surface area contributed by atoms with Crippen molar-refractivity contribution >= 4 is 23.9 Å². The summed E-state index contributed by atoms with van der Waals surface area (Å²) in [5, 5.41) is 15.6. The summed E-state index contributed by atoms with van der Waals surface area (Å²) in [6, 6.07) is 31.7. The van der Waals surface area contributed by atoms with Gasteiger partial charge in [-0.2, -0.15) is 0 Å². The SMILES string of the molecule is O=C(N[C@H]1CCC=CC[C@H](CC(=O)N2CCC[C@H]2CO)C(=O)N[C@@H](Cc2ccc(OCc3ccccc3)cc2)COC1=O)OCC1c2ccccc2-c2ccccc21. The number of carbonyl (C=O) groups is 4. The van der Waals surface area contributed by atoms with Crippen LogP contribution in [0.3, 0.4) is 0 Å². The van der Waals surface area contributed by atoms with Crippen LogP contribution in [0.5, 0.6) is 5.75 Å². The maximum atomic E-state index is 13.9. The van der Waals surface area contributed by atoms with Gasteiger partial charge in [0.2, 0.25) is 11.8 Å². The van der Waals surface area contributed by atoms with Gasteiger partial charge < -0.3 is 34.9 Å². The molecule has 7 rings (SSSR count). The number of hydrogen-bond donors (Lipinski definition) is 3. The third-order valence-electron chi connectivity index (χ3n) is 11.3. The van der Waals surface area contributed by atoms with E-state index in [2.05, 4.69) is 22.8 Å². The predicted molar refractivity (Wildman–Crippen MR) is 219 cm³/mol. The molecular weight excluding hydrogens is 735 g/mol. The molecule has 0 saturated carbocycles. The molecule has 11 nitrogen and oxygen atoms in total. The fourth-order valence-corrected chi connectivity index (χ4v) is 8.14. The minimum Gasteiger partial charge on any atom is -0.489 e. The number of benzene rings is 4. The number of fused-ring (bicyclic) bond motifs is 3. The van der Waals surface area contributed by atoms with Crippen molar-refractivity contribution in [1.82, 2.24) is 15.5 Å². The number of ether oxygens (including phenoxy) is 3. The molecule has 0 spiro atoms. The van der Waals surface area contributed by atoms with Gasteiger partial charge in [-0.05, 0) is 84.0 Å². The normalized spacial score (nSPS) is 21.0.